The summed E-state index contributed by atoms with van der Waals surface area (Å²) in [6.07, 6.45) is 3.24. The lowest BCUT2D eigenvalue weighted by atomic mass is 9.91. The number of benzene rings is 1. The quantitative estimate of drug-likeness (QED) is 0.221. The van der Waals surface area contributed by atoms with Crippen LogP contribution in [0.2, 0.25) is 0 Å². The largest absolute Gasteiger partial charge is 0.460 e. The summed E-state index contributed by atoms with van der Waals surface area (Å²) >= 11 is 2.71. The van der Waals surface area contributed by atoms with Gasteiger partial charge >= 0.3 is 5.97 Å². The maximum Gasteiger partial charge on any atom is 0.307 e. The molecule has 0 N–H and O–H groups in total. The van der Waals surface area contributed by atoms with Gasteiger partial charge in [0, 0.05) is 28.5 Å². The molecule has 4 aromatic rings. The van der Waals surface area contributed by atoms with E-state index in [1.165, 1.54) is 27.2 Å². The highest BCUT2D eigenvalue weighted by Gasteiger charge is 2.31. The Labute approximate surface area is 211 Å². The Kier molecular flexibility index (Phi) is 7.00. The van der Waals surface area contributed by atoms with E-state index >= 15 is 0 Å². The van der Waals surface area contributed by atoms with E-state index in [1.54, 1.807) is 39.2 Å². The molecule has 3 aromatic heterocycles. The van der Waals surface area contributed by atoms with E-state index in [9.17, 15) is 14.4 Å². The van der Waals surface area contributed by atoms with Crippen molar-refractivity contribution in [3.8, 4) is 10.7 Å². The molecule has 0 saturated heterocycles. The average molecular weight is 510 g/mol. The SMILES string of the molecule is CC(C)[C@H](CC(=O)OC(C)(C)C)C(=O)n1cc(C(=O)c2nc(-c3nccs3)cs2)c2ccccc21. The van der Waals surface area contributed by atoms with Crippen LogP contribution in [0.25, 0.3) is 21.6 Å². The Morgan fingerprint density at radius 2 is 1.86 bits per heavy atom. The van der Waals surface area contributed by atoms with Crippen LogP contribution >= 0.6 is 22.7 Å². The van der Waals surface area contributed by atoms with Crippen molar-refractivity contribution in [3.05, 3.63) is 58.0 Å². The van der Waals surface area contributed by atoms with Crippen LogP contribution in [0.15, 0.2) is 47.4 Å². The van der Waals surface area contributed by atoms with Crippen molar-refractivity contribution in [2.75, 3.05) is 0 Å². The normalized spacial score (nSPS) is 12.7. The van der Waals surface area contributed by atoms with E-state index in [0.29, 0.717) is 27.2 Å². The third-order valence-corrected chi connectivity index (χ3v) is 7.11. The van der Waals surface area contributed by atoms with Gasteiger partial charge in [-0.15, -0.1) is 22.7 Å². The van der Waals surface area contributed by atoms with Gasteiger partial charge < -0.3 is 4.74 Å². The minimum atomic E-state index is -0.632. The van der Waals surface area contributed by atoms with Gasteiger partial charge in [-0.2, -0.15) is 0 Å². The highest BCUT2D eigenvalue weighted by Crippen LogP contribution is 2.30. The lowest BCUT2D eigenvalue weighted by molar-refractivity contribution is -0.156. The van der Waals surface area contributed by atoms with E-state index in [4.69, 9.17) is 4.74 Å². The standard InChI is InChI=1S/C26H27N3O4S2/c1-15(2)17(12-21(30)33-26(3,4)5)25(32)29-13-18(16-8-6-7-9-20(16)29)22(31)24-28-19(14-35-24)23-27-10-11-34-23/h6-11,13-15,17H,12H2,1-5H3/t17-/m0/s1. The zero-order valence-electron chi connectivity index (χ0n) is 20.3. The van der Waals surface area contributed by atoms with Crippen molar-refractivity contribution in [2.45, 2.75) is 46.6 Å². The molecule has 0 aliphatic carbocycles. The highest BCUT2D eigenvalue weighted by molar-refractivity contribution is 7.14. The molecule has 9 heteroatoms. The van der Waals surface area contributed by atoms with Gasteiger partial charge in [-0.05, 0) is 32.8 Å². The lowest BCUT2D eigenvalue weighted by Crippen LogP contribution is -2.31. The molecule has 4 rings (SSSR count). The van der Waals surface area contributed by atoms with Crippen LogP contribution < -0.4 is 0 Å². The number of hydrogen-bond donors (Lipinski definition) is 0. The fourth-order valence-electron chi connectivity index (χ4n) is 3.83. The zero-order valence-corrected chi connectivity index (χ0v) is 21.9. The van der Waals surface area contributed by atoms with Crippen LogP contribution in [-0.4, -0.2) is 37.8 Å². The first kappa shape index (κ1) is 24.9. The number of hydrogen-bond acceptors (Lipinski definition) is 8. The van der Waals surface area contributed by atoms with Crippen molar-refractivity contribution in [1.29, 1.82) is 0 Å². The fraction of sp³-hybridized carbons (Fsp3) is 0.346. The lowest BCUT2D eigenvalue weighted by Gasteiger charge is -2.23. The first-order valence-electron chi connectivity index (χ1n) is 11.3. The molecular formula is C26H27N3O4S2. The Hall–Kier alpha value is -3.17. The van der Waals surface area contributed by atoms with Crippen LogP contribution in [0, 0.1) is 11.8 Å². The maximum absolute atomic E-state index is 13.7. The summed E-state index contributed by atoms with van der Waals surface area (Å²) in [7, 11) is 0. The second kappa shape index (κ2) is 9.83. The number of rotatable bonds is 7. The molecule has 0 aliphatic heterocycles. The molecular weight excluding hydrogens is 482 g/mol. The molecule has 35 heavy (non-hydrogen) atoms. The molecule has 0 radical (unpaired) electrons. The molecule has 3 heterocycles. The van der Waals surface area contributed by atoms with Crippen LogP contribution in [0.5, 0.6) is 0 Å². The summed E-state index contributed by atoms with van der Waals surface area (Å²) in [6.45, 7) is 9.20. The number of esters is 1. The minimum Gasteiger partial charge on any atom is -0.460 e. The van der Waals surface area contributed by atoms with E-state index in [0.717, 1.165) is 5.01 Å². The van der Waals surface area contributed by atoms with E-state index in [-0.39, 0.29) is 24.0 Å². The number of carbonyl (C=O) groups is 3. The van der Waals surface area contributed by atoms with Crippen LogP contribution in [0.4, 0.5) is 0 Å². The van der Waals surface area contributed by atoms with Gasteiger partial charge in [-0.3, -0.25) is 19.0 Å². The molecule has 0 amide bonds. The monoisotopic (exact) mass is 509 g/mol. The molecule has 1 aromatic carbocycles. The first-order valence-corrected chi connectivity index (χ1v) is 13.1. The van der Waals surface area contributed by atoms with Gasteiger partial charge in [-0.1, -0.05) is 32.0 Å². The summed E-state index contributed by atoms with van der Waals surface area (Å²) in [5.74, 6) is -1.62. The number of carbonyl (C=O) groups excluding carboxylic acids is 3. The second-order valence-electron chi connectivity index (χ2n) is 9.61. The van der Waals surface area contributed by atoms with E-state index < -0.39 is 17.5 Å². The number of ether oxygens (including phenoxy) is 1. The summed E-state index contributed by atoms with van der Waals surface area (Å²) in [6, 6.07) is 7.28. The van der Waals surface area contributed by atoms with Crippen LogP contribution in [-0.2, 0) is 9.53 Å². The Morgan fingerprint density at radius 1 is 1.11 bits per heavy atom. The summed E-state index contributed by atoms with van der Waals surface area (Å²) < 4.78 is 6.95. The summed E-state index contributed by atoms with van der Waals surface area (Å²) in [5.41, 5.74) is 1.04. The van der Waals surface area contributed by atoms with Gasteiger partial charge in [0.25, 0.3) is 0 Å². The first-order chi connectivity index (χ1) is 16.5. The topological polar surface area (TPSA) is 91.2 Å². The Morgan fingerprint density at radius 3 is 2.51 bits per heavy atom. The van der Waals surface area contributed by atoms with Gasteiger partial charge in [0.15, 0.2) is 5.01 Å². The second-order valence-corrected chi connectivity index (χ2v) is 11.4. The van der Waals surface area contributed by atoms with Gasteiger partial charge in [-0.25, -0.2) is 9.97 Å². The van der Waals surface area contributed by atoms with Crippen molar-refractivity contribution in [2.24, 2.45) is 11.8 Å². The predicted octanol–water partition coefficient (Wildman–Crippen LogP) is 6.10. The number of aromatic nitrogens is 3. The smallest absolute Gasteiger partial charge is 0.307 e. The molecule has 0 spiro atoms. The number of nitrogens with zero attached hydrogens (tertiary/aromatic N) is 3. The van der Waals surface area contributed by atoms with Gasteiger partial charge in [0.1, 0.15) is 16.3 Å². The molecule has 0 aliphatic rings. The predicted molar refractivity (Wildman–Crippen MR) is 138 cm³/mol. The minimum absolute atomic E-state index is 0.0345. The average Bonchev–Trinajstić information content (AvgIpc) is 3.54. The molecule has 182 valence electrons. The van der Waals surface area contributed by atoms with Gasteiger partial charge in [0.2, 0.25) is 11.7 Å². The van der Waals surface area contributed by atoms with Crippen molar-refractivity contribution < 1.29 is 19.1 Å². The van der Waals surface area contributed by atoms with E-state index in [1.807, 2.05) is 42.8 Å². The van der Waals surface area contributed by atoms with Crippen LogP contribution in [0.1, 0.15) is 61.2 Å². The molecule has 0 saturated carbocycles. The third kappa shape index (κ3) is 5.41. The van der Waals surface area contributed by atoms with Gasteiger partial charge in [0.05, 0.1) is 23.4 Å². The van der Waals surface area contributed by atoms with Crippen molar-refractivity contribution in [1.82, 2.24) is 14.5 Å². The van der Waals surface area contributed by atoms with Crippen LogP contribution in [0.3, 0.4) is 0 Å². The molecule has 0 bridgehead atoms. The number of fused-ring (bicyclic) bond motifs is 1. The van der Waals surface area contributed by atoms with E-state index in [2.05, 4.69) is 9.97 Å². The number of para-hydroxylation sites is 1. The molecule has 0 unspecified atom stereocenters. The van der Waals surface area contributed by atoms with Crippen molar-refractivity contribution in [3.63, 3.8) is 0 Å². The number of ketones is 1. The Bertz CT molecular complexity index is 1380. The number of thiazole rings is 2. The molecule has 0 fully saturated rings. The Balaban J connectivity index is 1.68. The maximum atomic E-state index is 13.7. The molecule has 1 atom stereocenters. The zero-order chi connectivity index (χ0) is 25.3. The third-order valence-electron chi connectivity index (χ3n) is 5.47. The fourth-order valence-corrected chi connectivity index (χ4v) is 5.26. The summed E-state index contributed by atoms with van der Waals surface area (Å²) in [5, 5.41) is 5.42. The molecule has 7 nitrogen and oxygen atoms in total. The van der Waals surface area contributed by atoms with Crippen molar-refractivity contribution >= 4 is 51.2 Å². The highest BCUT2D eigenvalue weighted by atomic mass is 32.1. The summed E-state index contributed by atoms with van der Waals surface area (Å²) in [4.78, 5) is 48.4.